The first-order chi connectivity index (χ1) is 8.38. The van der Waals surface area contributed by atoms with Gasteiger partial charge in [0.15, 0.2) is 0 Å². The molecule has 0 aliphatic heterocycles. The summed E-state index contributed by atoms with van der Waals surface area (Å²) in [6.07, 6.45) is 3.99. The Bertz CT molecular complexity index is 517. The molecule has 0 amide bonds. The van der Waals surface area contributed by atoms with E-state index in [0.29, 0.717) is 0 Å². The Balaban J connectivity index is 2.01. The van der Waals surface area contributed by atoms with Gasteiger partial charge in [-0.2, -0.15) is 0 Å². The first-order valence-corrected chi connectivity index (χ1v) is 6.80. The molecule has 0 atom stereocenters. The Hall–Kier alpha value is -1.42. The van der Waals surface area contributed by atoms with E-state index in [4.69, 9.17) is 0 Å². The predicted molar refractivity (Wildman–Crippen MR) is 71.5 cm³/mol. The SMILES string of the molecule is CNc1nnc(-c2ccccc2C2CCC2)s1. The summed E-state index contributed by atoms with van der Waals surface area (Å²) in [5.74, 6) is 0.730. The Morgan fingerprint density at radius 2 is 2.06 bits per heavy atom. The van der Waals surface area contributed by atoms with Gasteiger partial charge in [-0.3, -0.25) is 0 Å². The van der Waals surface area contributed by atoms with Crippen LogP contribution in [0, 0.1) is 0 Å². The minimum absolute atomic E-state index is 0.730. The van der Waals surface area contributed by atoms with Gasteiger partial charge in [0.2, 0.25) is 5.13 Å². The van der Waals surface area contributed by atoms with E-state index in [-0.39, 0.29) is 0 Å². The summed E-state index contributed by atoms with van der Waals surface area (Å²) in [6.45, 7) is 0. The van der Waals surface area contributed by atoms with Gasteiger partial charge in [-0.1, -0.05) is 42.0 Å². The number of nitrogens with zero attached hydrogens (tertiary/aromatic N) is 2. The van der Waals surface area contributed by atoms with Crippen molar-refractivity contribution >= 4 is 16.5 Å². The number of hydrogen-bond acceptors (Lipinski definition) is 4. The summed E-state index contributed by atoms with van der Waals surface area (Å²) < 4.78 is 0. The van der Waals surface area contributed by atoms with Gasteiger partial charge in [0.05, 0.1) is 0 Å². The van der Waals surface area contributed by atoms with Crippen LogP contribution in [0.4, 0.5) is 5.13 Å². The Morgan fingerprint density at radius 1 is 1.24 bits per heavy atom. The molecule has 1 aromatic heterocycles. The quantitative estimate of drug-likeness (QED) is 0.899. The maximum Gasteiger partial charge on any atom is 0.205 e. The number of nitrogens with one attached hydrogen (secondary N) is 1. The lowest BCUT2D eigenvalue weighted by Gasteiger charge is -2.27. The first kappa shape index (κ1) is 10.7. The molecule has 2 aromatic rings. The molecule has 3 nitrogen and oxygen atoms in total. The normalized spacial score (nSPS) is 15.6. The molecule has 1 fully saturated rings. The summed E-state index contributed by atoms with van der Waals surface area (Å²) in [5, 5.41) is 13.3. The highest BCUT2D eigenvalue weighted by atomic mass is 32.1. The number of anilines is 1. The van der Waals surface area contributed by atoms with Gasteiger partial charge in [0, 0.05) is 12.6 Å². The van der Waals surface area contributed by atoms with Crippen molar-refractivity contribution in [3.8, 4) is 10.6 Å². The standard InChI is InChI=1S/C13H15N3S/c1-14-13-16-15-12(17-13)11-8-3-2-7-10(11)9-5-4-6-9/h2-3,7-9H,4-6H2,1H3,(H,14,16). The van der Waals surface area contributed by atoms with Crippen LogP contribution in [-0.2, 0) is 0 Å². The number of aromatic nitrogens is 2. The van der Waals surface area contributed by atoms with Crippen molar-refractivity contribution in [2.24, 2.45) is 0 Å². The van der Waals surface area contributed by atoms with Crippen LogP contribution in [-0.4, -0.2) is 17.2 Å². The van der Waals surface area contributed by atoms with E-state index in [1.807, 2.05) is 7.05 Å². The molecule has 17 heavy (non-hydrogen) atoms. The predicted octanol–water partition coefficient (Wildman–Crippen LogP) is 3.51. The van der Waals surface area contributed by atoms with Gasteiger partial charge < -0.3 is 5.32 Å². The van der Waals surface area contributed by atoms with Crippen LogP contribution in [0.15, 0.2) is 24.3 Å². The van der Waals surface area contributed by atoms with Crippen LogP contribution in [0.25, 0.3) is 10.6 Å². The first-order valence-electron chi connectivity index (χ1n) is 5.99. The topological polar surface area (TPSA) is 37.8 Å². The smallest absolute Gasteiger partial charge is 0.205 e. The van der Waals surface area contributed by atoms with Crippen molar-refractivity contribution in [2.45, 2.75) is 25.2 Å². The lowest BCUT2D eigenvalue weighted by molar-refractivity contribution is 0.420. The minimum Gasteiger partial charge on any atom is -0.363 e. The fourth-order valence-electron chi connectivity index (χ4n) is 2.20. The second kappa shape index (κ2) is 4.45. The zero-order chi connectivity index (χ0) is 11.7. The highest BCUT2D eigenvalue weighted by molar-refractivity contribution is 7.18. The van der Waals surface area contributed by atoms with Gasteiger partial charge in [0.25, 0.3) is 0 Å². The summed E-state index contributed by atoms with van der Waals surface area (Å²) >= 11 is 1.62. The zero-order valence-electron chi connectivity index (χ0n) is 9.81. The van der Waals surface area contributed by atoms with E-state index in [2.05, 4.69) is 39.8 Å². The van der Waals surface area contributed by atoms with Crippen molar-refractivity contribution in [1.82, 2.24) is 10.2 Å². The molecule has 1 heterocycles. The molecule has 4 heteroatoms. The fraction of sp³-hybridized carbons (Fsp3) is 0.385. The van der Waals surface area contributed by atoms with Crippen molar-refractivity contribution in [3.05, 3.63) is 29.8 Å². The van der Waals surface area contributed by atoms with Crippen LogP contribution in [0.2, 0.25) is 0 Å². The van der Waals surface area contributed by atoms with Gasteiger partial charge >= 0.3 is 0 Å². The van der Waals surface area contributed by atoms with E-state index < -0.39 is 0 Å². The maximum absolute atomic E-state index is 4.26. The largest absolute Gasteiger partial charge is 0.363 e. The molecule has 0 radical (unpaired) electrons. The van der Waals surface area contributed by atoms with Crippen molar-refractivity contribution < 1.29 is 0 Å². The molecule has 1 N–H and O–H groups in total. The number of rotatable bonds is 3. The molecule has 0 unspecified atom stereocenters. The average Bonchev–Trinajstić information content (AvgIpc) is 2.76. The summed E-state index contributed by atoms with van der Waals surface area (Å²) in [6, 6.07) is 8.60. The molecule has 1 aliphatic rings. The van der Waals surface area contributed by atoms with Crippen LogP contribution >= 0.6 is 11.3 Å². The molecule has 0 spiro atoms. The molecular formula is C13H15N3S. The molecule has 1 saturated carbocycles. The van der Waals surface area contributed by atoms with E-state index in [0.717, 1.165) is 16.1 Å². The molecular weight excluding hydrogens is 230 g/mol. The molecule has 1 aromatic carbocycles. The molecule has 0 saturated heterocycles. The Kier molecular flexibility index (Phi) is 2.81. The highest BCUT2D eigenvalue weighted by Gasteiger charge is 2.23. The Labute approximate surface area is 105 Å². The number of hydrogen-bond donors (Lipinski definition) is 1. The second-order valence-electron chi connectivity index (χ2n) is 4.38. The lowest BCUT2D eigenvalue weighted by atomic mass is 9.78. The van der Waals surface area contributed by atoms with Crippen LogP contribution in [0.5, 0.6) is 0 Å². The summed E-state index contributed by atoms with van der Waals surface area (Å²) in [7, 11) is 1.88. The van der Waals surface area contributed by atoms with E-state index in [1.165, 1.54) is 30.4 Å². The van der Waals surface area contributed by atoms with Gasteiger partial charge in [-0.15, -0.1) is 10.2 Å². The summed E-state index contributed by atoms with van der Waals surface area (Å²) in [4.78, 5) is 0. The fourth-order valence-corrected chi connectivity index (χ4v) is 2.94. The second-order valence-corrected chi connectivity index (χ2v) is 5.35. The van der Waals surface area contributed by atoms with Crippen LogP contribution in [0.1, 0.15) is 30.7 Å². The lowest BCUT2D eigenvalue weighted by Crippen LogP contribution is -2.09. The van der Waals surface area contributed by atoms with Crippen molar-refractivity contribution in [1.29, 1.82) is 0 Å². The molecule has 88 valence electrons. The minimum atomic E-state index is 0.730. The maximum atomic E-state index is 4.26. The van der Waals surface area contributed by atoms with Gasteiger partial charge in [-0.25, -0.2) is 0 Å². The van der Waals surface area contributed by atoms with E-state index >= 15 is 0 Å². The monoisotopic (exact) mass is 245 g/mol. The third-order valence-electron chi connectivity index (χ3n) is 3.38. The van der Waals surface area contributed by atoms with E-state index in [1.54, 1.807) is 11.3 Å². The highest BCUT2D eigenvalue weighted by Crippen LogP contribution is 2.41. The third kappa shape index (κ3) is 1.93. The molecule has 1 aliphatic carbocycles. The van der Waals surface area contributed by atoms with Gasteiger partial charge in [0.1, 0.15) is 5.01 Å². The Morgan fingerprint density at radius 3 is 2.71 bits per heavy atom. The third-order valence-corrected chi connectivity index (χ3v) is 4.35. The number of benzene rings is 1. The van der Waals surface area contributed by atoms with Crippen LogP contribution in [0.3, 0.4) is 0 Å². The average molecular weight is 245 g/mol. The van der Waals surface area contributed by atoms with E-state index in [9.17, 15) is 0 Å². The summed E-state index contributed by atoms with van der Waals surface area (Å²) in [5.41, 5.74) is 2.70. The van der Waals surface area contributed by atoms with Crippen LogP contribution < -0.4 is 5.32 Å². The van der Waals surface area contributed by atoms with Crippen molar-refractivity contribution in [3.63, 3.8) is 0 Å². The van der Waals surface area contributed by atoms with Crippen molar-refractivity contribution in [2.75, 3.05) is 12.4 Å². The zero-order valence-corrected chi connectivity index (χ0v) is 10.6. The molecule has 3 rings (SSSR count). The van der Waals surface area contributed by atoms with Gasteiger partial charge in [-0.05, 0) is 24.3 Å². The molecule has 0 bridgehead atoms.